The Bertz CT molecular complexity index is 3360. The lowest BCUT2D eigenvalue weighted by atomic mass is 9.43. The van der Waals surface area contributed by atoms with E-state index in [4.69, 9.17) is 15.0 Å². The molecule has 63 heavy (non-hydrogen) atoms. The number of thiophene rings is 1. The van der Waals surface area contributed by atoms with Crippen LogP contribution in [-0.4, -0.2) is 15.0 Å². The number of aromatic nitrogens is 3. The SMILES string of the molecule is c1ccc(-c2nc(-c3ccc4c(c3)C(c3ccccc3)(c3ccccc3)C(c3ccccc3)(c3ccccc3)c3ccccc3-4)nc(-c3ccc4sc5ccccc5c4c3)n2)cc1. The first-order chi connectivity index (χ1) is 31.2. The average Bonchev–Trinajstić information content (AvgIpc) is 3.75. The van der Waals surface area contributed by atoms with Crippen LogP contribution in [0.4, 0.5) is 0 Å². The van der Waals surface area contributed by atoms with Gasteiger partial charge in [-0.25, -0.2) is 15.0 Å². The Balaban J connectivity index is 1.20. The van der Waals surface area contributed by atoms with Crippen LogP contribution in [0.25, 0.3) is 65.5 Å². The van der Waals surface area contributed by atoms with Gasteiger partial charge in [0.2, 0.25) is 0 Å². The van der Waals surface area contributed by atoms with Gasteiger partial charge in [0.15, 0.2) is 17.5 Å². The molecule has 0 atom stereocenters. The number of nitrogens with zero attached hydrogens (tertiary/aromatic N) is 3. The Morgan fingerprint density at radius 1 is 0.286 bits per heavy atom. The van der Waals surface area contributed by atoms with Gasteiger partial charge in [-0.15, -0.1) is 11.3 Å². The lowest BCUT2D eigenvalue weighted by Gasteiger charge is -2.57. The summed E-state index contributed by atoms with van der Waals surface area (Å²) in [6.07, 6.45) is 0. The van der Waals surface area contributed by atoms with Crippen LogP contribution in [0.1, 0.15) is 33.4 Å². The molecule has 2 heterocycles. The second-order valence-corrected chi connectivity index (χ2v) is 17.3. The van der Waals surface area contributed by atoms with E-state index in [0.29, 0.717) is 17.5 Å². The topological polar surface area (TPSA) is 38.7 Å². The smallest absolute Gasteiger partial charge is 0.164 e. The van der Waals surface area contributed by atoms with Gasteiger partial charge in [-0.2, -0.15) is 0 Å². The highest BCUT2D eigenvalue weighted by Crippen LogP contribution is 2.65. The molecule has 0 bridgehead atoms. The van der Waals surface area contributed by atoms with E-state index in [9.17, 15) is 0 Å². The van der Waals surface area contributed by atoms with Gasteiger partial charge in [-0.3, -0.25) is 0 Å². The first kappa shape index (κ1) is 37.0. The molecule has 0 radical (unpaired) electrons. The molecule has 0 unspecified atom stereocenters. The Morgan fingerprint density at radius 3 is 1.29 bits per heavy atom. The molecule has 0 spiro atoms. The van der Waals surface area contributed by atoms with Gasteiger partial charge < -0.3 is 0 Å². The summed E-state index contributed by atoms with van der Waals surface area (Å²) >= 11 is 1.81. The number of hydrogen-bond acceptors (Lipinski definition) is 4. The van der Waals surface area contributed by atoms with E-state index in [1.165, 1.54) is 64.7 Å². The number of hydrogen-bond donors (Lipinski definition) is 0. The third kappa shape index (κ3) is 5.69. The van der Waals surface area contributed by atoms with E-state index in [1.54, 1.807) is 0 Å². The van der Waals surface area contributed by atoms with Gasteiger partial charge in [0.1, 0.15) is 0 Å². The lowest BCUT2D eigenvalue weighted by Crippen LogP contribution is -2.54. The fraction of sp³-hybridized carbons (Fsp3) is 0.0339. The van der Waals surface area contributed by atoms with E-state index >= 15 is 0 Å². The average molecular weight is 822 g/mol. The normalized spacial score (nSPS) is 13.7. The van der Waals surface area contributed by atoms with E-state index in [0.717, 1.165) is 16.7 Å². The largest absolute Gasteiger partial charge is 0.208 e. The highest BCUT2D eigenvalue weighted by atomic mass is 32.1. The molecule has 4 heteroatoms. The van der Waals surface area contributed by atoms with Crippen molar-refractivity contribution in [2.24, 2.45) is 0 Å². The van der Waals surface area contributed by atoms with Crippen molar-refractivity contribution in [3.05, 3.63) is 270 Å². The Kier molecular flexibility index (Phi) is 8.80. The molecule has 3 nitrogen and oxygen atoms in total. The van der Waals surface area contributed by atoms with Crippen molar-refractivity contribution < 1.29 is 0 Å². The van der Waals surface area contributed by atoms with Gasteiger partial charge in [-0.05, 0) is 74.8 Å². The van der Waals surface area contributed by atoms with E-state index < -0.39 is 10.8 Å². The zero-order chi connectivity index (χ0) is 41.8. The molecular weight excluding hydrogens is 783 g/mol. The lowest BCUT2D eigenvalue weighted by molar-refractivity contribution is 0.415. The quantitative estimate of drug-likeness (QED) is 0.161. The predicted molar refractivity (Wildman–Crippen MR) is 260 cm³/mol. The molecule has 9 aromatic carbocycles. The summed E-state index contributed by atoms with van der Waals surface area (Å²) in [7, 11) is 0. The molecule has 0 saturated carbocycles. The summed E-state index contributed by atoms with van der Waals surface area (Å²) in [6, 6.07) is 85.9. The summed E-state index contributed by atoms with van der Waals surface area (Å²) in [5, 5.41) is 2.45. The summed E-state index contributed by atoms with van der Waals surface area (Å²) < 4.78 is 2.51. The molecule has 12 rings (SSSR count). The molecule has 0 N–H and O–H groups in total. The second-order valence-electron chi connectivity index (χ2n) is 16.3. The van der Waals surface area contributed by atoms with Crippen LogP contribution in [0.2, 0.25) is 0 Å². The highest BCUT2D eigenvalue weighted by Gasteiger charge is 2.61. The van der Waals surface area contributed by atoms with Gasteiger partial charge >= 0.3 is 0 Å². The van der Waals surface area contributed by atoms with Gasteiger partial charge in [0, 0.05) is 36.9 Å². The zero-order valence-electron chi connectivity index (χ0n) is 34.3. The molecule has 296 valence electrons. The molecule has 0 saturated heterocycles. The fourth-order valence-electron chi connectivity index (χ4n) is 10.5. The third-order valence-electron chi connectivity index (χ3n) is 13.0. The first-order valence-corrected chi connectivity index (χ1v) is 22.3. The maximum atomic E-state index is 5.39. The Morgan fingerprint density at radius 2 is 0.698 bits per heavy atom. The summed E-state index contributed by atoms with van der Waals surface area (Å²) in [5.74, 6) is 1.89. The van der Waals surface area contributed by atoms with Crippen LogP contribution in [0.5, 0.6) is 0 Å². The van der Waals surface area contributed by atoms with Gasteiger partial charge in [-0.1, -0.05) is 206 Å². The monoisotopic (exact) mass is 821 g/mol. The number of benzene rings is 9. The Labute approximate surface area is 370 Å². The minimum atomic E-state index is -0.791. The van der Waals surface area contributed by atoms with Crippen molar-refractivity contribution in [2.75, 3.05) is 0 Å². The summed E-state index contributed by atoms with van der Waals surface area (Å²) in [4.78, 5) is 15.9. The maximum Gasteiger partial charge on any atom is 0.164 e. The van der Waals surface area contributed by atoms with Crippen LogP contribution in [0.3, 0.4) is 0 Å². The summed E-state index contributed by atoms with van der Waals surface area (Å²) in [5.41, 5.74) is 10.9. The van der Waals surface area contributed by atoms with Crippen LogP contribution < -0.4 is 0 Å². The van der Waals surface area contributed by atoms with E-state index in [-0.39, 0.29) is 0 Å². The molecule has 1 aliphatic carbocycles. The molecule has 0 fully saturated rings. The van der Waals surface area contributed by atoms with Crippen LogP contribution in [0, 0.1) is 0 Å². The highest BCUT2D eigenvalue weighted by molar-refractivity contribution is 7.25. The molecule has 0 aliphatic heterocycles. The van der Waals surface area contributed by atoms with E-state index in [2.05, 4.69) is 218 Å². The first-order valence-electron chi connectivity index (χ1n) is 21.4. The van der Waals surface area contributed by atoms with Gasteiger partial charge in [0.05, 0.1) is 10.8 Å². The van der Waals surface area contributed by atoms with Crippen molar-refractivity contribution in [1.29, 1.82) is 0 Å². The van der Waals surface area contributed by atoms with Crippen LogP contribution in [-0.2, 0) is 10.8 Å². The number of fused-ring (bicyclic) bond motifs is 6. The molecule has 11 aromatic rings. The van der Waals surface area contributed by atoms with Crippen molar-refractivity contribution in [3.63, 3.8) is 0 Å². The van der Waals surface area contributed by atoms with Gasteiger partial charge in [0.25, 0.3) is 0 Å². The Hall–Kier alpha value is -7.79. The van der Waals surface area contributed by atoms with Crippen molar-refractivity contribution in [2.45, 2.75) is 10.8 Å². The molecule has 2 aromatic heterocycles. The molecule has 0 amide bonds. The fourth-order valence-corrected chi connectivity index (χ4v) is 11.6. The summed E-state index contributed by atoms with van der Waals surface area (Å²) in [6.45, 7) is 0. The molecular formula is C59H39N3S. The van der Waals surface area contributed by atoms with Crippen LogP contribution >= 0.6 is 11.3 Å². The van der Waals surface area contributed by atoms with Crippen molar-refractivity contribution in [3.8, 4) is 45.3 Å². The predicted octanol–water partition coefficient (Wildman–Crippen LogP) is 14.6. The standard InChI is InChI=1S/C59H39N3S/c1-6-20-40(21-7-1)55-60-56(41-35-37-54-50(38-41)49-31-17-19-33-53(49)63-54)62-57(61-55)42-34-36-48-47-30-16-18-32-51(47)58(43-22-8-2-9-23-43,44-24-10-3-11-25-44)59(52(48)39-42,45-26-12-4-13-27-45)46-28-14-5-15-29-46/h1-39H. The zero-order valence-corrected chi connectivity index (χ0v) is 35.1. The maximum absolute atomic E-state index is 5.39. The van der Waals surface area contributed by atoms with Crippen LogP contribution in [0.15, 0.2) is 237 Å². The second kappa shape index (κ2) is 15.0. The van der Waals surface area contributed by atoms with Crippen molar-refractivity contribution >= 4 is 31.5 Å². The molecule has 1 aliphatic rings. The minimum Gasteiger partial charge on any atom is -0.208 e. The number of rotatable bonds is 7. The van der Waals surface area contributed by atoms with E-state index in [1.807, 2.05) is 29.5 Å². The third-order valence-corrected chi connectivity index (χ3v) is 14.1. The van der Waals surface area contributed by atoms with Crippen molar-refractivity contribution in [1.82, 2.24) is 15.0 Å². The minimum absolute atomic E-state index is 0.621.